The summed E-state index contributed by atoms with van der Waals surface area (Å²) in [6.07, 6.45) is 8.44. The average Bonchev–Trinajstić information content (AvgIpc) is 2.78. The minimum absolute atomic E-state index is 0.0165. The first-order valence-electron chi connectivity index (χ1n) is 7.97. The highest BCUT2D eigenvalue weighted by Gasteiger charge is 2.36. The summed E-state index contributed by atoms with van der Waals surface area (Å²) in [5.41, 5.74) is 5.45. The average molecular weight is 281 g/mol. The predicted octanol–water partition coefficient (Wildman–Crippen LogP) is 1.17. The van der Waals surface area contributed by atoms with Crippen LogP contribution in [0.2, 0.25) is 0 Å². The van der Waals surface area contributed by atoms with Crippen LogP contribution in [0.5, 0.6) is 0 Å². The Labute approximate surface area is 121 Å². The fourth-order valence-electron chi connectivity index (χ4n) is 3.16. The Hall–Kier alpha value is -1.10. The van der Waals surface area contributed by atoms with Gasteiger partial charge < -0.3 is 16.0 Å². The van der Waals surface area contributed by atoms with Crippen LogP contribution in [-0.4, -0.2) is 41.9 Å². The minimum Gasteiger partial charge on any atom is -0.354 e. The quantitative estimate of drug-likeness (QED) is 0.743. The van der Waals surface area contributed by atoms with Crippen molar-refractivity contribution in [3.8, 4) is 0 Å². The third-order valence-corrected chi connectivity index (χ3v) is 4.51. The number of hydrogen-bond acceptors (Lipinski definition) is 3. The fourth-order valence-corrected chi connectivity index (χ4v) is 3.16. The summed E-state index contributed by atoms with van der Waals surface area (Å²) in [7, 11) is 0. The van der Waals surface area contributed by atoms with Crippen LogP contribution in [-0.2, 0) is 9.59 Å². The molecule has 1 aliphatic heterocycles. The summed E-state index contributed by atoms with van der Waals surface area (Å²) in [5.74, 6) is 0.247. The second-order valence-electron chi connectivity index (χ2n) is 6.16. The minimum atomic E-state index is -0.640. The monoisotopic (exact) mass is 281 g/mol. The standard InChI is InChI=1S/C15H27N3O2/c16-15(8-3-4-9-15)14(20)17-10-6-12-18-11-5-1-2-7-13(18)19/h1-12,16H2,(H,17,20). The molecule has 20 heavy (non-hydrogen) atoms. The van der Waals surface area contributed by atoms with E-state index in [1.54, 1.807) is 0 Å². The van der Waals surface area contributed by atoms with Crippen molar-refractivity contribution in [3.63, 3.8) is 0 Å². The Morgan fingerprint density at radius 2 is 1.95 bits per heavy atom. The summed E-state index contributed by atoms with van der Waals surface area (Å²) in [5, 5.41) is 2.93. The molecule has 5 nitrogen and oxygen atoms in total. The molecule has 0 aromatic carbocycles. The number of rotatable bonds is 5. The van der Waals surface area contributed by atoms with Crippen molar-refractivity contribution in [2.24, 2.45) is 5.73 Å². The molecule has 1 heterocycles. The molecule has 3 N–H and O–H groups in total. The van der Waals surface area contributed by atoms with Crippen molar-refractivity contribution in [1.82, 2.24) is 10.2 Å². The van der Waals surface area contributed by atoms with Gasteiger partial charge in [0.1, 0.15) is 0 Å². The van der Waals surface area contributed by atoms with Gasteiger partial charge in [-0.2, -0.15) is 0 Å². The van der Waals surface area contributed by atoms with Crippen molar-refractivity contribution in [1.29, 1.82) is 0 Å². The predicted molar refractivity (Wildman–Crippen MR) is 78.1 cm³/mol. The molecule has 0 aromatic heterocycles. The molecular weight excluding hydrogens is 254 g/mol. The number of carbonyl (C=O) groups excluding carboxylic acids is 2. The molecule has 0 radical (unpaired) electrons. The van der Waals surface area contributed by atoms with E-state index in [0.29, 0.717) is 13.0 Å². The van der Waals surface area contributed by atoms with Gasteiger partial charge in [-0.1, -0.05) is 19.3 Å². The SMILES string of the molecule is NC1(C(=O)NCCCN2CCCCCC2=O)CCCC1. The van der Waals surface area contributed by atoms with Crippen LogP contribution in [0.15, 0.2) is 0 Å². The first kappa shape index (κ1) is 15.3. The Morgan fingerprint density at radius 1 is 1.20 bits per heavy atom. The van der Waals surface area contributed by atoms with Crippen LogP contribution in [0.4, 0.5) is 0 Å². The van der Waals surface area contributed by atoms with Crippen LogP contribution in [0, 0.1) is 0 Å². The lowest BCUT2D eigenvalue weighted by molar-refractivity contribution is -0.130. The molecule has 114 valence electrons. The van der Waals surface area contributed by atoms with Gasteiger partial charge in [0.05, 0.1) is 5.54 Å². The van der Waals surface area contributed by atoms with E-state index >= 15 is 0 Å². The summed E-state index contributed by atoms with van der Waals surface area (Å²) in [6, 6.07) is 0. The molecule has 2 amide bonds. The van der Waals surface area contributed by atoms with E-state index in [-0.39, 0.29) is 11.8 Å². The number of amides is 2. The maximum Gasteiger partial charge on any atom is 0.240 e. The number of likely N-dealkylation sites (tertiary alicyclic amines) is 1. The van der Waals surface area contributed by atoms with Crippen molar-refractivity contribution in [3.05, 3.63) is 0 Å². The highest BCUT2D eigenvalue weighted by molar-refractivity contribution is 5.86. The third kappa shape index (κ3) is 3.95. The molecule has 0 spiro atoms. The summed E-state index contributed by atoms with van der Waals surface area (Å²) >= 11 is 0. The van der Waals surface area contributed by atoms with E-state index in [0.717, 1.165) is 64.5 Å². The molecule has 5 heteroatoms. The Morgan fingerprint density at radius 3 is 2.70 bits per heavy atom. The molecule has 1 saturated carbocycles. The molecule has 0 bridgehead atoms. The lowest BCUT2D eigenvalue weighted by Gasteiger charge is -2.23. The van der Waals surface area contributed by atoms with E-state index in [1.165, 1.54) is 0 Å². The van der Waals surface area contributed by atoms with Crippen LogP contribution < -0.4 is 11.1 Å². The van der Waals surface area contributed by atoms with E-state index in [4.69, 9.17) is 5.73 Å². The first-order valence-corrected chi connectivity index (χ1v) is 7.97. The van der Waals surface area contributed by atoms with Gasteiger partial charge >= 0.3 is 0 Å². The van der Waals surface area contributed by atoms with Crippen LogP contribution in [0.1, 0.15) is 57.8 Å². The number of carbonyl (C=O) groups is 2. The normalized spacial score (nSPS) is 22.6. The van der Waals surface area contributed by atoms with Crippen LogP contribution in [0.25, 0.3) is 0 Å². The van der Waals surface area contributed by atoms with E-state index < -0.39 is 5.54 Å². The third-order valence-electron chi connectivity index (χ3n) is 4.51. The number of nitrogens with zero attached hydrogens (tertiary/aromatic N) is 1. The Kier molecular flexibility index (Phi) is 5.40. The largest absolute Gasteiger partial charge is 0.354 e. The lowest BCUT2D eigenvalue weighted by atomic mass is 9.98. The van der Waals surface area contributed by atoms with Crippen LogP contribution >= 0.6 is 0 Å². The first-order chi connectivity index (χ1) is 9.62. The maximum absolute atomic E-state index is 12.0. The zero-order valence-corrected chi connectivity index (χ0v) is 12.3. The fraction of sp³-hybridized carbons (Fsp3) is 0.867. The highest BCUT2D eigenvalue weighted by Crippen LogP contribution is 2.27. The Bertz CT molecular complexity index is 351. The molecule has 1 saturated heterocycles. The van der Waals surface area contributed by atoms with Gasteiger partial charge in [-0.3, -0.25) is 9.59 Å². The molecule has 2 rings (SSSR count). The van der Waals surface area contributed by atoms with Gasteiger partial charge in [-0.25, -0.2) is 0 Å². The smallest absolute Gasteiger partial charge is 0.240 e. The summed E-state index contributed by atoms with van der Waals surface area (Å²) < 4.78 is 0. The summed E-state index contributed by atoms with van der Waals surface area (Å²) in [6.45, 7) is 2.23. The van der Waals surface area contributed by atoms with Crippen molar-refractivity contribution in [2.75, 3.05) is 19.6 Å². The van der Waals surface area contributed by atoms with Crippen molar-refractivity contribution >= 4 is 11.8 Å². The van der Waals surface area contributed by atoms with Crippen molar-refractivity contribution < 1.29 is 9.59 Å². The molecule has 0 atom stereocenters. The topological polar surface area (TPSA) is 75.4 Å². The van der Waals surface area contributed by atoms with E-state index in [1.807, 2.05) is 4.90 Å². The van der Waals surface area contributed by atoms with Crippen molar-refractivity contribution in [2.45, 2.75) is 63.3 Å². The second-order valence-corrected chi connectivity index (χ2v) is 6.16. The summed E-state index contributed by atoms with van der Waals surface area (Å²) in [4.78, 5) is 25.8. The molecule has 2 fully saturated rings. The second kappa shape index (κ2) is 7.07. The number of nitrogens with one attached hydrogen (secondary N) is 1. The van der Waals surface area contributed by atoms with E-state index in [9.17, 15) is 9.59 Å². The van der Waals surface area contributed by atoms with Gasteiger partial charge in [0.25, 0.3) is 0 Å². The zero-order chi connectivity index (χ0) is 14.4. The molecule has 0 aromatic rings. The lowest BCUT2D eigenvalue weighted by Crippen LogP contribution is -2.52. The number of hydrogen-bond donors (Lipinski definition) is 2. The molecule has 1 aliphatic carbocycles. The zero-order valence-electron chi connectivity index (χ0n) is 12.3. The molecule has 0 unspecified atom stereocenters. The maximum atomic E-state index is 12.0. The van der Waals surface area contributed by atoms with Crippen LogP contribution in [0.3, 0.4) is 0 Å². The highest BCUT2D eigenvalue weighted by atomic mass is 16.2. The van der Waals surface area contributed by atoms with Gasteiger partial charge in [0.2, 0.25) is 11.8 Å². The van der Waals surface area contributed by atoms with Gasteiger partial charge in [0, 0.05) is 26.1 Å². The molecule has 2 aliphatic rings. The number of nitrogens with two attached hydrogens (primary N) is 1. The van der Waals surface area contributed by atoms with Gasteiger partial charge in [-0.15, -0.1) is 0 Å². The molecular formula is C15H27N3O2. The van der Waals surface area contributed by atoms with Gasteiger partial charge in [-0.05, 0) is 32.1 Å². The Balaban J connectivity index is 1.65. The van der Waals surface area contributed by atoms with E-state index in [2.05, 4.69) is 5.32 Å². The van der Waals surface area contributed by atoms with Gasteiger partial charge in [0.15, 0.2) is 0 Å².